The van der Waals surface area contributed by atoms with E-state index in [9.17, 15) is 9.90 Å². The van der Waals surface area contributed by atoms with Crippen molar-refractivity contribution >= 4 is 11.0 Å². The zero-order chi connectivity index (χ0) is 12.5. The van der Waals surface area contributed by atoms with Crippen LogP contribution in [0.5, 0.6) is 5.75 Å². The Morgan fingerprint density at radius 3 is 2.61 bits per heavy atom. The number of aromatic nitrogens is 1. The van der Waals surface area contributed by atoms with Crippen molar-refractivity contribution in [1.29, 1.82) is 0 Å². The zero-order valence-corrected chi connectivity index (χ0v) is 9.33. The van der Waals surface area contributed by atoms with Gasteiger partial charge in [0.2, 0.25) is 0 Å². The third kappa shape index (κ3) is 1.55. The fraction of sp³-hybridized carbons (Fsp3) is 0. The van der Waals surface area contributed by atoms with Crippen LogP contribution in [0.25, 0.3) is 22.2 Å². The minimum atomic E-state index is -0.593. The van der Waals surface area contributed by atoms with Crippen LogP contribution < -0.4 is 5.63 Å². The summed E-state index contributed by atoms with van der Waals surface area (Å²) in [6, 6.07) is 12.0. The van der Waals surface area contributed by atoms with Gasteiger partial charge in [-0.1, -0.05) is 18.2 Å². The van der Waals surface area contributed by atoms with Crippen LogP contribution in [-0.4, -0.2) is 10.1 Å². The quantitative estimate of drug-likeness (QED) is 0.663. The van der Waals surface area contributed by atoms with E-state index in [4.69, 9.17) is 4.42 Å². The number of rotatable bonds is 1. The lowest BCUT2D eigenvalue weighted by atomic mass is 10.1. The van der Waals surface area contributed by atoms with E-state index < -0.39 is 5.63 Å². The van der Waals surface area contributed by atoms with Crippen molar-refractivity contribution in [2.75, 3.05) is 0 Å². The Bertz CT molecular complexity index is 763. The molecule has 3 rings (SSSR count). The van der Waals surface area contributed by atoms with Crippen LogP contribution in [0.4, 0.5) is 0 Å². The van der Waals surface area contributed by atoms with Crippen molar-refractivity contribution in [1.82, 2.24) is 4.98 Å². The first-order chi connectivity index (χ1) is 8.77. The molecule has 0 aliphatic rings. The standard InChI is InChI=1S/C14H9NO3/c16-13-9-5-1-2-7-11(9)18-14(17)12(13)10-6-3-4-8-15-10/h1-8,16H. The molecular weight excluding hydrogens is 230 g/mol. The molecule has 0 spiro atoms. The van der Waals surface area contributed by atoms with Crippen LogP contribution in [0.15, 0.2) is 57.9 Å². The number of benzene rings is 1. The van der Waals surface area contributed by atoms with Gasteiger partial charge in [0, 0.05) is 6.20 Å². The fourth-order valence-corrected chi connectivity index (χ4v) is 1.87. The second-order valence-electron chi connectivity index (χ2n) is 3.82. The normalized spacial score (nSPS) is 10.7. The molecule has 0 amide bonds. The molecule has 1 aromatic carbocycles. The van der Waals surface area contributed by atoms with E-state index in [1.165, 1.54) is 0 Å². The Labute approximate surface area is 102 Å². The lowest BCUT2D eigenvalue weighted by molar-refractivity contribution is 0.471. The molecule has 0 saturated heterocycles. The third-order valence-electron chi connectivity index (χ3n) is 2.71. The van der Waals surface area contributed by atoms with Gasteiger partial charge in [0.15, 0.2) is 0 Å². The number of fused-ring (bicyclic) bond motifs is 1. The molecule has 0 saturated carbocycles. The van der Waals surface area contributed by atoms with Crippen LogP contribution in [-0.2, 0) is 0 Å². The highest BCUT2D eigenvalue weighted by molar-refractivity contribution is 5.89. The maximum Gasteiger partial charge on any atom is 0.349 e. The van der Waals surface area contributed by atoms with Crippen molar-refractivity contribution < 1.29 is 9.52 Å². The van der Waals surface area contributed by atoms with Gasteiger partial charge in [0.05, 0.1) is 11.1 Å². The molecule has 0 atom stereocenters. The Hall–Kier alpha value is -2.62. The number of hydrogen-bond acceptors (Lipinski definition) is 4. The minimum Gasteiger partial charge on any atom is -0.506 e. The van der Waals surface area contributed by atoms with Gasteiger partial charge in [-0.3, -0.25) is 4.98 Å². The SMILES string of the molecule is O=c1oc2ccccc2c(O)c1-c1ccccn1. The molecule has 3 aromatic rings. The van der Waals surface area contributed by atoms with Gasteiger partial charge in [-0.05, 0) is 24.3 Å². The molecule has 4 nitrogen and oxygen atoms in total. The number of hydrogen-bond donors (Lipinski definition) is 1. The largest absolute Gasteiger partial charge is 0.506 e. The molecule has 1 N–H and O–H groups in total. The molecular formula is C14H9NO3. The average molecular weight is 239 g/mol. The predicted octanol–water partition coefficient (Wildman–Crippen LogP) is 2.56. The number of nitrogens with zero attached hydrogens (tertiary/aromatic N) is 1. The van der Waals surface area contributed by atoms with E-state index in [0.717, 1.165) is 0 Å². The summed E-state index contributed by atoms with van der Waals surface area (Å²) in [6.07, 6.45) is 1.56. The van der Waals surface area contributed by atoms with E-state index in [1.807, 2.05) is 0 Å². The Balaban J connectivity index is 2.41. The monoisotopic (exact) mass is 239 g/mol. The van der Waals surface area contributed by atoms with Crippen molar-refractivity contribution in [3.8, 4) is 17.0 Å². The van der Waals surface area contributed by atoms with Gasteiger partial charge in [0.1, 0.15) is 16.9 Å². The Morgan fingerprint density at radius 1 is 1.06 bits per heavy atom. The average Bonchev–Trinajstić information content (AvgIpc) is 2.40. The van der Waals surface area contributed by atoms with Gasteiger partial charge in [-0.15, -0.1) is 0 Å². The smallest absolute Gasteiger partial charge is 0.349 e. The second kappa shape index (κ2) is 4.00. The molecule has 0 bridgehead atoms. The van der Waals surface area contributed by atoms with Crippen LogP contribution in [0.2, 0.25) is 0 Å². The van der Waals surface area contributed by atoms with Crippen molar-refractivity contribution in [2.24, 2.45) is 0 Å². The lowest BCUT2D eigenvalue weighted by Crippen LogP contribution is -2.04. The van der Waals surface area contributed by atoms with E-state index in [2.05, 4.69) is 4.98 Å². The molecule has 0 aliphatic carbocycles. The molecule has 2 heterocycles. The first-order valence-electron chi connectivity index (χ1n) is 5.43. The minimum absolute atomic E-state index is 0.0919. The van der Waals surface area contributed by atoms with E-state index in [1.54, 1.807) is 48.7 Å². The Kier molecular flexibility index (Phi) is 2.34. The van der Waals surface area contributed by atoms with Crippen molar-refractivity contribution in [3.05, 3.63) is 59.1 Å². The predicted molar refractivity (Wildman–Crippen MR) is 67.4 cm³/mol. The summed E-state index contributed by atoms with van der Waals surface area (Å²) >= 11 is 0. The first-order valence-corrected chi connectivity index (χ1v) is 5.43. The lowest BCUT2D eigenvalue weighted by Gasteiger charge is -2.05. The van der Waals surface area contributed by atoms with Crippen LogP contribution in [0.1, 0.15) is 0 Å². The molecule has 0 unspecified atom stereocenters. The molecule has 4 heteroatoms. The molecule has 0 aliphatic heterocycles. The zero-order valence-electron chi connectivity index (χ0n) is 9.33. The summed E-state index contributed by atoms with van der Waals surface area (Å²) in [5.41, 5.74) is 0.258. The summed E-state index contributed by atoms with van der Waals surface area (Å²) in [7, 11) is 0. The van der Waals surface area contributed by atoms with Gasteiger partial charge in [-0.25, -0.2) is 4.79 Å². The summed E-state index contributed by atoms with van der Waals surface area (Å²) in [5, 5.41) is 10.7. The highest BCUT2D eigenvalue weighted by Crippen LogP contribution is 2.31. The van der Waals surface area contributed by atoms with Crippen LogP contribution in [0.3, 0.4) is 0 Å². The highest BCUT2D eigenvalue weighted by atomic mass is 16.4. The van der Waals surface area contributed by atoms with Gasteiger partial charge < -0.3 is 9.52 Å². The molecule has 88 valence electrons. The van der Waals surface area contributed by atoms with E-state index in [0.29, 0.717) is 16.7 Å². The van der Waals surface area contributed by atoms with Crippen LogP contribution in [0, 0.1) is 0 Å². The van der Waals surface area contributed by atoms with Gasteiger partial charge in [-0.2, -0.15) is 0 Å². The molecule has 0 radical (unpaired) electrons. The van der Waals surface area contributed by atoms with Crippen molar-refractivity contribution in [2.45, 2.75) is 0 Å². The topological polar surface area (TPSA) is 63.3 Å². The summed E-state index contributed by atoms with van der Waals surface area (Å²) < 4.78 is 5.17. The summed E-state index contributed by atoms with van der Waals surface area (Å²) in [6.45, 7) is 0. The fourth-order valence-electron chi connectivity index (χ4n) is 1.87. The molecule has 2 aromatic heterocycles. The third-order valence-corrected chi connectivity index (χ3v) is 2.71. The molecule has 0 fully saturated rings. The summed E-state index contributed by atoms with van der Waals surface area (Å²) in [4.78, 5) is 15.9. The van der Waals surface area contributed by atoms with E-state index >= 15 is 0 Å². The van der Waals surface area contributed by atoms with E-state index in [-0.39, 0.29) is 11.3 Å². The first kappa shape index (κ1) is 10.5. The number of pyridine rings is 1. The molecule has 18 heavy (non-hydrogen) atoms. The maximum absolute atomic E-state index is 11.9. The maximum atomic E-state index is 11.9. The van der Waals surface area contributed by atoms with Crippen molar-refractivity contribution in [3.63, 3.8) is 0 Å². The highest BCUT2D eigenvalue weighted by Gasteiger charge is 2.15. The van der Waals surface area contributed by atoms with Gasteiger partial charge in [0.25, 0.3) is 0 Å². The van der Waals surface area contributed by atoms with Gasteiger partial charge >= 0.3 is 5.63 Å². The Morgan fingerprint density at radius 2 is 1.83 bits per heavy atom. The second-order valence-corrected chi connectivity index (χ2v) is 3.82. The summed E-state index contributed by atoms with van der Waals surface area (Å²) in [5.74, 6) is -0.0967. The van der Waals surface area contributed by atoms with Crippen LogP contribution >= 0.6 is 0 Å². The number of aromatic hydroxyl groups is 1. The number of para-hydroxylation sites is 1.